The van der Waals surface area contributed by atoms with E-state index in [9.17, 15) is 22.0 Å². The Morgan fingerprint density at radius 3 is 2.23 bits per heavy atom. The van der Waals surface area contributed by atoms with Gasteiger partial charge in [-0.25, -0.2) is 22.0 Å². The van der Waals surface area contributed by atoms with Crippen molar-refractivity contribution in [2.45, 2.75) is 42.1 Å². The maximum absolute atomic E-state index is 13.8. The highest BCUT2D eigenvalue weighted by Gasteiger charge is 2.44. The first-order valence-electron chi connectivity index (χ1n) is 7.45. The van der Waals surface area contributed by atoms with E-state index in [1.807, 2.05) is 6.92 Å². The monoisotopic (exact) mass is 448 g/mol. The van der Waals surface area contributed by atoms with Crippen LogP contribution in [0.3, 0.4) is 0 Å². The molecule has 26 heavy (non-hydrogen) atoms. The molecule has 1 aliphatic rings. The van der Waals surface area contributed by atoms with Crippen molar-refractivity contribution in [2.75, 3.05) is 0 Å². The smallest absolute Gasteiger partial charge is 0.315 e. The maximum atomic E-state index is 13.8. The minimum absolute atomic E-state index is 0.126. The van der Waals surface area contributed by atoms with Crippen LogP contribution in [0.15, 0.2) is 17.0 Å². The second-order valence-electron chi connectivity index (χ2n) is 6.12. The van der Waals surface area contributed by atoms with Gasteiger partial charge in [0.25, 0.3) is 0 Å². The molecule has 0 spiro atoms. The van der Waals surface area contributed by atoms with Crippen LogP contribution in [0, 0.1) is 35.0 Å². The molecular weight excluding hydrogens is 432 g/mol. The molecule has 0 radical (unpaired) electrons. The lowest BCUT2D eigenvalue weighted by atomic mass is 9.80. The fourth-order valence-electron chi connectivity index (χ4n) is 2.59. The van der Waals surface area contributed by atoms with Gasteiger partial charge in [-0.15, -0.1) is 0 Å². The normalized spacial score (nSPS) is 26.7. The van der Waals surface area contributed by atoms with Gasteiger partial charge in [0.2, 0.25) is 17.6 Å². The molecule has 0 heterocycles. The van der Waals surface area contributed by atoms with Gasteiger partial charge in [0.05, 0.1) is 4.87 Å². The minimum atomic E-state index is -2.22. The third-order valence-corrected chi connectivity index (χ3v) is 8.01. The summed E-state index contributed by atoms with van der Waals surface area (Å²) in [5, 5.41) is 0. The number of nitrogens with two attached hydrogens (primary N) is 1. The standard InChI is InChI=1S/C15H15F5NOPS3/c1-6(2)7-3-4-15(21,24)8(5-7)22-23(25)26-14-12(19)10(17)9(16)11(18)13(14)20/h7-8H,1,3-5,21H2,2H3/p+1/t7-,8+,15+/m1/s1. The summed E-state index contributed by atoms with van der Waals surface area (Å²) in [6, 6.07) is 0. The summed E-state index contributed by atoms with van der Waals surface area (Å²) in [5.41, 5.74) is 7.03. The van der Waals surface area contributed by atoms with Crippen molar-refractivity contribution in [3.8, 4) is 0 Å². The van der Waals surface area contributed by atoms with E-state index in [4.69, 9.17) is 22.1 Å². The van der Waals surface area contributed by atoms with E-state index in [1.165, 1.54) is 0 Å². The number of benzene rings is 1. The Labute approximate surface area is 163 Å². The second-order valence-corrected chi connectivity index (χ2v) is 11.4. The molecule has 4 atom stereocenters. The fourth-order valence-corrected chi connectivity index (χ4v) is 6.33. The van der Waals surface area contributed by atoms with Crippen LogP contribution in [0.2, 0.25) is 0 Å². The number of halogens is 5. The zero-order valence-corrected chi connectivity index (χ0v) is 17.0. The lowest BCUT2D eigenvalue weighted by Gasteiger charge is -2.38. The number of allylic oxidation sites excluding steroid dienone is 1. The molecule has 2 N–H and O–H groups in total. The van der Waals surface area contributed by atoms with Crippen LogP contribution in [-0.2, 0) is 16.3 Å². The van der Waals surface area contributed by atoms with Crippen molar-refractivity contribution in [1.82, 2.24) is 0 Å². The van der Waals surface area contributed by atoms with Gasteiger partial charge in [0.1, 0.15) is 11.0 Å². The molecule has 0 aromatic heterocycles. The fraction of sp³-hybridized carbons (Fsp3) is 0.467. The predicted octanol–water partition coefficient (Wildman–Crippen LogP) is 5.59. The summed E-state index contributed by atoms with van der Waals surface area (Å²) in [4.78, 5) is -2.07. The number of rotatable bonds is 5. The Kier molecular flexibility index (Phi) is 7.13. The van der Waals surface area contributed by atoms with Crippen molar-refractivity contribution in [3.05, 3.63) is 41.2 Å². The Hall–Kier alpha value is -0.250. The molecule has 1 aliphatic carbocycles. The van der Waals surface area contributed by atoms with Gasteiger partial charge in [0, 0.05) is 0 Å². The first-order chi connectivity index (χ1) is 12.0. The zero-order valence-electron chi connectivity index (χ0n) is 13.6. The van der Waals surface area contributed by atoms with Crippen LogP contribution >= 0.6 is 30.1 Å². The molecule has 0 saturated heterocycles. The van der Waals surface area contributed by atoms with E-state index in [0.29, 0.717) is 12.8 Å². The van der Waals surface area contributed by atoms with Crippen LogP contribution in [0.4, 0.5) is 22.0 Å². The van der Waals surface area contributed by atoms with Gasteiger partial charge < -0.3 is 5.73 Å². The Bertz CT molecular complexity index is 732. The maximum Gasteiger partial charge on any atom is 0.420 e. The van der Waals surface area contributed by atoms with Crippen molar-refractivity contribution in [2.24, 2.45) is 11.7 Å². The molecule has 0 aliphatic heterocycles. The number of thiol groups is 1. The van der Waals surface area contributed by atoms with Crippen LogP contribution < -0.4 is 5.73 Å². The third kappa shape index (κ3) is 4.59. The van der Waals surface area contributed by atoms with Crippen molar-refractivity contribution in [3.63, 3.8) is 0 Å². The van der Waals surface area contributed by atoms with E-state index in [0.717, 1.165) is 12.0 Å². The van der Waals surface area contributed by atoms with Gasteiger partial charge in [-0.3, -0.25) is 0 Å². The van der Waals surface area contributed by atoms with E-state index >= 15 is 0 Å². The molecule has 144 valence electrons. The minimum Gasteiger partial charge on any atom is -0.315 e. The summed E-state index contributed by atoms with van der Waals surface area (Å²) in [7, 11) is 0. The molecule has 1 saturated carbocycles. The van der Waals surface area contributed by atoms with E-state index in [2.05, 4.69) is 19.2 Å². The zero-order chi connectivity index (χ0) is 19.8. The van der Waals surface area contributed by atoms with E-state index in [-0.39, 0.29) is 17.3 Å². The van der Waals surface area contributed by atoms with Crippen LogP contribution in [0.5, 0.6) is 0 Å². The average molecular weight is 448 g/mol. The largest absolute Gasteiger partial charge is 0.420 e. The highest BCUT2D eigenvalue weighted by molar-refractivity contribution is 8.62. The molecule has 11 heteroatoms. The van der Waals surface area contributed by atoms with E-state index < -0.39 is 51.1 Å². The number of hydrogen-bond acceptors (Lipinski definition) is 5. The van der Waals surface area contributed by atoms with Crippen LogP contribution in [-0.4, -0.2) is 11.0 Å². The van der Waals surface area contributed by atoms with Gasteiger partial charge in [-0.1, -0.05) is 12.2 Å². The molecule has 1 unspecified atom stereocenters. The predicted molar refractivity (Wildman–Crippen MR) is 99.3 cm³/mol. The van der Waals surface area contributed by atoms with Gasteiger partial charge >= 0.3 is 6.13 Å². The third-order valence-electron chi connectivity index (χ3n) is 4.20. The topological polar surface area (TPSA) is 35.2 Å². The summed E-state index contributed by atoms with van der Waals surface area (Å²) in [5.74, 6) is -9.99. The second kappa shape index (κ2) is 8.41. The molecular formula is C15H16F5NOPS3+. The molecule has 1 aromatic rings. The molecule has 1 fully saturated rings. The Morgan fingerprint density at radius 2 is 1.73 bits per heavy atom. The van der Waals surface area contributed by atoms with Crippen molar-refractivity contribution < 1.29 is 26.5 Å². The highest BCUT2D eigenvalue weighted by atomic mass is 32.9. The van der Waals surface area contributed by atoms with Crippen molar-refractivity contribution >= 4 is 41.9 Å². The Balaban J connectivity index is 2.19. The van der Waals surface area contributed by atoms with Crippen LogP contribution in [0.1, 0.15) is 26.2 Å². The molecule has 0 bridgehead atoms. The summed E-state index contributed by atoms with van der Waals surface area (Å²) < 4.78 is 72.9. The van der Waals surface area contributed by atoms with Gasteiger partial charge in [-0.05, 0) is 32.1 Å². The first-order valence-corrected chi connectivity index (χ1v) is 11.6. The summed E-state index contributed by atoms with van der Waals surface area (Å²) in [6.45, 7) is 5.76. The first kappa shape index (κ1) is 22.0. The lowest BCUT2D eigenvalue weighted by molar-refractivity contribution is 0.116. The molecule has 1 aromatic carbocycles. The van der Waals surface area contributed by atoms with E-state index in [1.54, 1.807) is 0 Å². The van der Waals surface area contributed by atoms with Gasteiger partial charge in [-0.2, -0.15) is 17.2 Å². The highest BCUT2D eigenvalue weighted by Crippen LogP contribution is 2.51. The molecule has 2 nitrogen and oxygen atoms in total. The molecule has 2 rings (SSSR count). The van der Waals surface area contributed by atoms with Crippen LogP contribution in [0.25, 0.3) is 0 Å². The molecule has 0 amide bonds. The SMILES string of the molecule is C=C(C)[C@@H]1CC[C@](N)(S)[C@@H](O[P+](=S)Sc2c(F)c(F)c(F)c(F)c2F)C1. The Morgan fingerprint density at radius 1 is 1.23 bits per heavy atom. The quantitative estimate of drug-likeness (QED) is 0.117. The lowest BCUT2D eigenvalue weighted by Crippen LogP contribution is -2.50. The number of hydrogen-bond donors (Lipinski definition) is 2. The summed E-state index contributed by atoms with van der Waals surface area (Å²) in [6.07, 6.45) is -0.954. The summed E-state index contributed by atoms with van der Waals surface area (Å²) >= 11 is 9.72. The average Bonchev–Trinajstić information content (AvgIpc) is 2.56. The van der Waals surface area contributed by atoms with Gasteiger partial charge in [0.15, 0.2) is 34.7 Å². The van der Waals surface area contributed by atoms with Crippen molar-refractivity contribution in [1.29, 1.82) is 0 Å².